The highest BCUT2D eigenvalue weighted by Crippen LogP contribution is 2.45. The predicted molar refractivity (Wildman–Crippen MR) is 164 cm³/mol. The monoisotopic (exact) mass is 684 g/mol. The Morgan fingerprint density at radius 1 is 0.979 bits per heavy atom. The van der Waals surface area contributed by atoms with Gasteiger partial charge in [0.25, 0.3) is 0 Å². The maximum absolute atomic E-state index is 14.7. The Morgan fingerprint density at radius 2 is 1.81 bits per heavy atom. The molecule has 2 atom stereocenters. The van der Waals surface area contributed by atoms with E-state index in [1.54, 1.807) is 18.2 Å². The molecule has 5 aromatic rings. The molecule has 11 nitrogen and oxygen atoms in total. The third kappa shape index (κ3) is 5.94. The maximum Gasteiger partial charge on any atom is 0.451 e. The van der Waals surface area contributed by atoms with Gasteiger partial charge < -0.3 is 23.8 Å². The lowest BCUT2D eigenvalue weighted by atomic mass is 9.88. The van der Waals surface area contributed by atoms with Crippen LogP contribution in [0.5, 0.6) is 11.5 Å². The minimum absolute atomic E-state index is 0.0219. The van der Waals surface area contributed by atoms with E-state index in [9.17, 15) is 17.6 Å². The topological polar surface area (TPSA) is 116 Å². The SMILES string of the molecule is Fc1cc(Cl)ccc1C1COc2cccc(C3CCN(Cc4nc5cc(-c6nnc(C(F)(F)F)[nH]6)nnc5n4CC4CCO4)CC3)c2O1. The lowest BCUT2D eigenvalue weighted by molar-refractivity contribution is -0.144. The summed E-state index contributed by atoms with van der Waals surface area (Å²) in [6, 6.07) is 12.0. The molecular formula is C32H29ClF4N8O3. The first-order valence-electron chi connectivity index (χ1n) is 15.6. The van der Waals surface area contributed by atoms with E-state index in [1.807, 2.05) is 22.8 Å². The quantitative estimate of drug-likeness (QED) is 0.203. The second-order valence-electron chi connectivity index (χ2n) is 12.2. The molecule has 3 aliphatic rings. The van der Waals surface area contributed by atoms with E-state index in [1.165, 1.54) is 6.07 Å². The van der Waals surface area contributed by atoms with Crippen LogP contribution in [-0.4, -0.2) is 72.2 Å². The first-order chi connectivity index (χ1) is 23.2. The van der Waals surface area contributed by atoms with Crippen molar-refractivity contribution in [2.45, 2.75) is 56.7 Å². The smallest absolute Gasteiger partial charge is 0.451 e. The highest BCUT2D eigenvalue weighted by Gasteiger charge is 2.36. The molecule has 0 spiro atoms. The second kappa shape index (κ2) is 12.3. The molecular weight excluding hydrogens is 656 g/mol. The number of para-hydroxylation sites is 1. The number of aromatic amines is 1. The average Bonchev–Trinajstić information content (AvgIpc) is 3.68. The van der Waals surface area contributed by atoms with E-state index in [-0.39, 0.29) is 30.1 Å². The summed E-state index contributed by atoms with van der Waals surface area (Å²) in [7, 11) is 0. The van der Waals surface area contributed by atoms with Gasteiger partial charge in [-0.1, -0.05) is 29.8 Å². The van der Waals surface area contributed by atoms with Gasteiger partial charge in [0.15, 0.2) is 29.1 Å². The number of ether oxygens (including phenoxy) is 3. The fourth-order valence-electron chi connectivity index (χ4n) is 6.49. The molecule has 2 fully saturated rings. The molecule has 0 saturated carbocycles. The van der Waals surface area contributed by atoms with Crippen molar-refractivity contribution in [1.29, 1.82) is 0 Å². The van der Waals surface area contributed by atoms with Crippen molar-refractivity contribution in [3.8, 4) is 23.0 Å². The Labute approximate surface area is 276 Å². The van der Waals surface area contributed by atoms with Gasteiger partial charge in [0.05, 0.1) is 19.2 Å². The number of aromatic nitrogens is 7. The summed E-state index contributed by atoms with van der Waals surface area (Å²) in [5.41, 5.74) is 2.56. The summed E-state index contributed by atoms with van der Waals surface area (Å²) < 4.78 is 74.0. The normalized spacial score (nSPS) is 20.3. The minimum atomic E-state index is -4.66. The number of nitrogens with one attached hydrogen (secondary N) is 1. The Bertz CT molecular complexity index is 1970. The Morgan fingerprint density at radius 3 is 2.54 bits per heavy atom. The standard InChI is InChI=1S/C32H29ClF4N8O3/c33-18-4-5-21(22(34)12-18)26-16-47-25-3-1-2-20(28(25)48-26)17-6-9-44(10-7-17)15-27-38-24-13-23(29-39-31(43-41-29)32(35,36)37)40-42-30(24)45(27)14-19-8-11-46-19/h1-5,12-13,17,19,26H,6-11,14-16H2,(H,39,41,43). The zero-order valence-corrected chi connectivity index (χ0v) is 26.1. The number of hydrogen-bond acceptors (Lipinski definition) is 9. The van der Waals surface area contributed by atoms with Gasteiger partial charge in [0.1, 0.15) is 29.5 Å². The first-order valence-corrected chi connectivity index (χ1v) is 16.0. The largest absolute Gasteiger partial charge is 0.485 e. The molecule has 6 heterocycles. The number of nitrogens with zero attached hydrogens (tertiary/aromatic N) is 7. The molecule has 0 bridgehead atoms. The van der Waals surface area contributed by atoms with Gasteiger partial charge in [-0.3, -0.25) is 4.90 Å². The number of fused-ring (bicyclic) bond motifs is 2. The molecule has 3 aromatic heterocycles. The highest BCUT2D eigenvalue weighted by atomic mass is 35.5. The molecule has 3 aliphatic heterocycles. The summed E-state index contributed by atoms with van der Waals surface area (Å²) in [5, 5.41) is 15.6. The van der Waals surface area contributed by atoms with Crippen LogP contribution in [0.4, 0.5) is 17.6 Å². The summed E-state index contributed by atoms with van der Waals surface area (Å²) in [6.07, 6.45) is -2.62. The minimum Gasteiger partial charge on any atom is -0.485 e. The van der Waals surface area contributed by atoms with Crippen molar-refractivity contribution in [3.05, 3.63) is 76.1 Å². The van der Waals surface area contributed by atoms with Crippen LogP contribution in [-0.2, 0) is 24.0 Å². The van der Waals surface area contributed by atoms with Crippen molar-refractivity contribution in [2.75, 3.05) is 26.3 Å². The second-order valence-corrected chi connectivity index (χ2v) is 12.6. The number of alkyl halides is 3. The number of piperidine rings is 1. The molecule has 0 aliphatic carbocycles. The van der Waals surface area contributed by atoms with E-state index in [4.69, 9.17) is 30.8 Å². The van der Waals surface area contributed by atoms with Crippen LogP contribution in [0.15, 0.2) is 42.5 Å². The number of benzene rings is 2. The summed E-state index contributed by atoms with van der Waals surface area (Å²) in [4.78, 5) is 9.33. The van der Waals surface area contributed by atoms with Crippen LogP contribution in [0.3, 0.4) is 0 Å². The molecule has 2 saturated heterocycles. The number of halogens is 5. The van der Waals surface area contributed by atoms with Gasteiger partial charge in [-0.25, -0.2) is 9.37 Å². The van der Waals surface area contributed by atoms with Gasteiger partial charge in [-0.05, 0) is 62.5 Å². The summed E-state index contributed by atoms with van der Waals surface area (Å²) >= 11 is 5.96. The molecule has 250 valence electrons. The number of hydrogen-bond donors (Lipinski definition) is 1. The Hall–Kier alpha value is -4.34. The lowest BCUT2D eigenvalue weighted by Crippen LogP contribution is -2.35. The van der Waals surface area contributed by atoms with E-state index >= 15 is 0 Å². The van der Waals surface area contributed by atoms with Crippen molar-refractivity contribution in [2.24, 2.45) is 0 Å². The van der Waals surface area contributed by atoms with E-state index in [2.05, 4.69) is 30.3 Å². The third-order valence-electron chi connectivity index (χ3n) is 9.11. The van der Waals surface area contributed by atoms with Gasteiger partial charge in [-0.15, -0.1) is 20.4 Å². The van der Waals surface area contributed by atoms with Crippen LogP contribution in [0.2, 0.25) is 5.02 Å². The van der Waals surface area contributed by atoms with Crippen LogP contribution in [0, 0.1) is 5.82 Å². The van der Waals surface area contributed by atoms with Gasteiger partial charge >= 0.3 is 6.18 Å². The summed E-state index contributed by atoms with van der Waals surface area (Å²) in [6.45, 7) is 3.52. The molecule has 16 heteroatoms. The molecule has 2 unspecified atom stereocenters. The van der Waals surface area contributed by atoms with E-state index in [0.717, 1.165) is 43.7 Å². The zero-order valence-electron chi connectivity index (χ0n) is 25.4. The molecule has 0 amide bonds. The fraction of sp³-hybridized carbons (Fsp3) is 0.406. The Kier molecular flexibility index (Phi) is 7.92. The van der Waals surface area contributed by atoms with Crippen molar-refractivity contribution in [3.63, 3.8) is 0 Å². The highest BCUT2D eigenvalue weighted by molar-refractivity contribution is 6.30. The fourth-order valence-corrected chi connectivity index (χ4v) is 6.65. The number of H-pyrrole nitrogens is 1. The predicted octanol–water partition coefficient (Wildman–Crippen LogP) is 6.10. The summed E-state index contributed by atoms with van der Waals surface area (Å²) in [5.74, 6) is 0.477. The maximum atomic E-state index is 14.7. The molecule has 8 rings (SSSR count). The van der Waals surface area contributed by atoms with Crippen LogP contribution in [0.25, 0.3) is 22.7 Å². The Balaban J connectivity index is 0.996. The van der Waals surface area contributed by atoms with Gasteiger partial charge in [-0.2, -0.15) is 13.2 Å². The van der Waals surface area contributed by atoms with E-state index < -0.39 is 23.9 Å². The first kappa shape index (κ1) is 31.0. The number of rotatable bonds is 7. The number of likely N-dealkylation sites (tertiary alicyclic amines) is 1. The van der Waals surface area contributed by atoms with Crippen LogP contribution in [0.1, 0.15) is 54.1 Å². The molecule has 0 radical (unpaired) electrons. The van der Waals surface area contributed by atoms with Crippen molar-refractivity contribution < 1.29 is 31.8 Å². The molecule has 2 aromatic carbocycles. The van der Waals surface area contributed by atoms with Crippen LogP contribution < -0.4 is 9.47 Å². The molecule has 48 heavy (non-hydrogen) atoms. The van der Waals surface area contributed by atoms with E-state index in [0.29, 0.717) is 52.9 Å². The lowest BCUT2D eigenvalue weighted by Gasteiger charge is -2.35. The zero-order chi connectivity index (χ0) is 33.0. The number of imidazole rings is 1. The van der Waals surface area contributed by atoms with Crippen molar-refractivity contribution >= 4 is 22.8 Å². The average molecular weight is 685 g/mol. The van der Waals surface area contributed by atoms with Gasteiger partial charge in [0.2, 0.25) is 5.82 Å². The van der Waals surface area contributed by atoms with Crippen molar-refractivity contribution in [1.82, 2.24) is 39.8 Å². The van der Waals surface area contributed by atoms with Crippen LogP contribution >= 0.6 is 11.6 Å². The third-order valence-corrected chi connectivity index (χ3v) is 9.35. The van der Waals surface area contributed by atoms with Gasteiger partial charge in [0, 0.05) is 22.8 Å². The molecule has 1 N–H and O–H groups in total.